The molecule has 1 nitrogen and oxygen atoms in total. The molecule has 1 fully saturated rings. The summed E-state index contributed by atoms with van der Waals surface area (Å²) in [6.45, 7) is 5.16. The Bertz CT molecular complexity index is 220. The quantitative estimate of drug-likeness (QED) is 0.808. The molecule has 0 spiro atoms. The molecule has 0 radical (unpaired) electrons. The maximum absolute atomic E-state index is 12.1. The van der Waals surface area contributed by atoms with Gasteiger partial charge < -0.3 is 5.32 Å². The SMILES string of the molecule is CCNC1CCC(C)CC1CCSC(F)(F)F. The highest BCUT2D eigenvalue weighted by Crippen LogP contribution is 2.35. The van der Waals surface area contributed by atoms with Crippen molar-refractivity contribution in [1.29, 1.82) is 0 Å². The van der Waals surface area contributed by atoms with Crippen LogP contribution in [0.2, 0.25) is 0 Å². The Hall–Kier alpha value is 0.100. The second-order valence-electron chi connectivity index (χ2n) is 4.93. The van der Waals surface area contributed by atoms with Gasteiger partial charge in [0, 0.05) is 11.8 Å². The third kappa shape index (κ3) is 6.00. The molecule has 0 aromatic carbocycles. The van der Waals surface area contributed by atoms with Crippen molar-refractivity contribution in [3.05, 3.63) is 0 Å². The Morgan fingerprint density at radius 3 is 2.59 bits per heavy atom. The molecule has 0 aromatic rings. The van der Waals surface area contributed by atoms with Gasteiger partial charge in [-0.05, 0) is 44.1 Å². The number of thioether (sulfide) groups is 1. The zero-order valence-corrected chi connectivity index (χ0v) is 11.3. The molecule has 1 saturated carbocycles. The second kappa shape index (κ2) is 6.88. The Kier molecular flexibility index (Phi) is 6.13. The molecular formula is C12H22F3NS. The first-order chi connectivity index (χ1) is 7.92. The van der Waals surface area contributed by atoms with Gasteiger partial charge in [0.1, 0.15) is 0 Å². The summed E-state index contributed by atoms with van der Waals surface area (Å²) in [5.41, 5.74) is -4.08. The van der Waals surface area contributed by atoms with Gasteiger partial charge >= 0.3 is 5.51 Å². The van der Waals surface area contributed by atoms with Gasteiger partial charge in [-0.1, -0.05) is 25.6 Å². The lowest BCUT2D eigenvalue weighted by molar-refractivity contribution is -0.0328. The van der Waals surface area contributed by atoms with Crippen LogP contribution in [0.25, 0.3) is 0 Å². The van der Waals surface area contributed by atoms with Crippen molar-refractivity contribution in [3.63, 3.8) is 0 Å². The van der Waals surface area contributed by atoms with Crippen molar-refractivity contribution in [2.45, 2.75) is 51.1 Å². The predicted molar refractivity (Wildman–Crippen MR) is 67.1 cm³/mol. The molecule has 0 amide bonds. The monoisotopic (exact) mass is 269 g/mol. The fraction of sp³-hybridized carbons (Fsp3) is 1.00. The topological polar surface area (TPSA) is 12.0 Å². The summed E-state index contributed by atoms with van der Waals surface area (Å²) < 4.78 is 36.2. The van der Waals surface area contributed by atoms with E-state index in [9.17, 15) is 13.2 Å². The van der Waals surface area contributed by atoms with Gasteiger partial charge in [-0.15, -0.1) is 0 Å². The molecule has 1 aliphatic carbocycles. The van der Waals surface area contributed by atoms with Gasteiger partial charge in [0.05, 0.1) is 0 Å². The number of rotatable bonds is 5. The minimum absolute atomic E-state index is 0.121. The van der Waals surface area contributed by atoms with E-state index >= 15 is 0 Å². The highest BCUT2D eigenvalue weighted by molar-refractivity contribution is 8.00. The number of alkyl halides is 3. The van der Waals surface area contributed by atoms with Crippen LogP contribution < -0.4 is 5.32 Å². The fourth-order valence-electron chi connectivity index (χ4n) is 2.67. The van der Waals surface area contributed by atoms with E-state index < -0.39 is 5.51 Å². The van der Waals surface area contributed by atoms with Gasteiger partial charge in [0.15, 0.2) is 0 Å². The summed E-state index contributed by atoms with van der Waals surface area (Å²) in [7, 11) is 0. The summed E-state index contributed by atoms with van der Waals surface area (Å²) in [4.78, 5) is 0. The molecule has 0 saturated heterocycles. The van der Waals surface area contributed by atoms with Crippen molar-refractivity contribution in [1.82, 2.24) is 5.32 Å². The van der Waals surface area contributed by atoms with Crippen LogP contribution in [-0.2, 0) is 0 Å². The van der Waals surface area contributed by atoms with Crippen LogP contribution in [0.15, 0.2) is 0 Å². The average Bonchev–Trinajstić information content (AvgIpc) is 2.20. The number of nitrogens with one attached hydrogen (secondary N) is 1. The molecule has 0 aromatic heterocycles. The van der Waals surface area contributed by atoms with Gasteiger partial charge in [0.25, 0.3) is 0 Å². The van der Waals surface area contributed by atoms with E-state index in [0.717, 1.165) is 19.4 Å². The Morgan fingerprint density at radius 2 is 2.00 bits per heavy atom. The van der Waals surface area contributed by atoms with Crippen molar-refractivity contribution in [2.24, 2.45) is 11.8 Å². The lowest BCUT2D eigenvalue weighted by Crippen LogP contribution is -2.40. The lowest BCUT2D eigenvalue weighted by atomic mass is 9.77. The standard InChI is InChI=1S/C12H22F3NS/c1-3-16-11-5-4-9(2)8-10(11)6-7-17-12(13,14)15/h9-11,16H,3-8H2,1-2H3. The average molecular weight is 269 g/mol. The van der Waals surface area contributed by atoms with E-state index in [4.69, 9.17) is 0 Å². The molecule has 5 heteroatoms. The molecule has 0 heterocycles. The van der Waals surface area contributed by atoms with Crippen molar-refractivity contribution < 1.29 is 13.2 Å². The number of halogens is 3. The van der Waals surface area contributed by atoms with Crippen molar-refractivity contribution in [2.75, 3.05) is 12.3 Å². The third-order valence-corrected chi connectivity index (χ3v) is 4.23. The van der Waals surface area contributed by atoms with E-state index in [1.807, 2.05) is 0 Å². The van der Waals surface area contributed by atoms with Crippen molar-refractivity contribution >= 4 is 11.8 Å². The van der Waals surface area contributed by atoms with E-state index in [1.54, 1.807) is 0 Å². The maximum atomic E-state index is 12.1. The summed E-state index contributed by atoms with van der Waals surface area (Å²) in [6, 6.07) is 0.421. The molecule has 17 heavy (non-hydrogen) atoms. The molecule has 3 atom stereocenters. The van der Waals surface area contributed by atoms with Crippen LogP contribution in [0.3, 0.4) is 0 Å². The first kappa shape index (κ1) is 15.2. The summed E-state index contributed by atoms with van der Waals surface area (Å²) in [5.74, 6) is 1.27. The van der Waals surface area contributed by atoms with Crippen LogP contribution in [0.1, 0.15) is 39.5 Å². The summed E-state index contributed by atoms with van der Waals surface area (Å²) >= 11 is 0.121. The highest BCUT2D eigenvalue weighted by Gasteiger charge is 2.31. The first-order valence-corrected chi connectivity index (χ1v) is 7.35. The van der Waals surface area contributed by atoms with E-state index in [1.165, 1.54) is 6.42 Å². The molecule has 3 unspecified atom stereocenters. The van der Waals surface area contributed by atoms with Gasteiger partial charge in [-0.2, -0.15) is 13.2 Å². The lowest BCUT2D eigenvalue weighted by Gasteiger charge is -2.35. The normalized spacial score (nSPS) is 30.5. The molecule has 1 rings (SSSR count). The van der Waals surface area contributed by atoms with E-state index in [-0.39, 0.29) is 17.5 Å². The zero-order valence-electron chi connectivity index (χ0n) is 10.5. The summed E-state index contributed by atoms with van der Waals surface area (Å²) in [6.07, 6.45) is 4.04. The largest absolute Gasteiger partial charge is 0.441 e. The van der Waals surface area contributed by atoms with Gasteiger partial charge in [-0.25, -0.2) is 0 Å². The van der Waals surface area contributed by atoms with Crippen LogP contribution in [0.4, 0.5) is 13.2 Å². The molecule has 102 valence electrons. The zero-order chi connectivity index (χ0) is 12.9. The highest BCUT2D eigenvalue weighted by atomic mass is 32.2. The minimum Gasteiger partial charge on any atom is -0.314 e. The molecular weight excluding hydrogens is 247 g/mol. The van der Waals surface area contributed by atoms with E-state index in [2.05, 4.69) is 19.2 Å². The third-order valence-electron chi connectivity index (χ3n) is 3.47. The Balaban J connectivity index is 2.35. The van der Waals surface area contributed by atoms with Crippen molar-refractivity contribution in [3.8, 4) is 0 Å². The molecule has 1 N–H and O–H groups in total. The Morgan fingerprint density at radius 1 is 1.29 bits per heavy atom. The van der Waals surface area contributed by atoms with Crippen LogP contribution in [0, 0.1) is 11.8 Å². The van der Waals surface area contributed by atoms with Crippen LogP contribution in [0.5, 0.6) is 0 Å². The second-order valence-corrected chi connectivity index (χ2v) is 6.09. The van der Waals surface area contributed by atoms with E-state index in [0.29, 0.717) is 24.3 Å². The predicted octanol–water partition coefficient (Wildman–Crippen LogP) is 4.04. The van der Waals surface area contributed by atoms with Gasteiger partial charge in [0.2, 0.25) is 0 Å². The minimum atomic E-state index is -4.08. The first-order valence-electron chi connectivity index (χ1n) is 6.36. The fourth-order valence-corrected chi connectivity index (χ4v) is 3.33. The number of hydrogen-bond donors (Lipinski definition) is 1. The van der Waals surface area contributed by atoms with Crippen LogP contribution in [-0.4, -0.2) is 23.8 Å². The van der Waals surface area contributed by atoms with Gasteiger partial charge in [-0.3, -0.25) is 0 Å². The Labute approximate surface area is 106 Å². The summed E-state index contributed by atoms with van der Waals surface area (Å²) in [5, 5.41) is 3.41. The number of hydrogen-bond acceptors (Lipinski definition) is 2. The molecule has 0 aliphatic heterocycles. The van der Waals surface area contributed by atoms with Crippen LogP contribution >= 0.6 is 11.8 Å². The maximum Gasteiger partial charge on any atom is 0.441 e. The molecule has 1 aliphatic rings. The smallest absolute Gasteiger partial charge is 0.314 e. The molecule has 0 bridgehead atoms.